The lowest BCUT2D eigenvalue weighted by Crippen LogP contribution is -2.33. The first-order valence-corrected chi connectivity index (χ1v) is 8.79. The van der Waals surface area contributed by atoms with Gasteiger partial charge in [-0.3, -0.25) is 9.78 Å². The summed E-state index contributed by atoms with van der Waals surface area (Å²) in [7, 11) is 0. The zero-order valence-corrected chi connectivity index (χ0v) is 14.4. The number of benzene rings is 1. The molecule has 4 nitrogen and oxygen atoms in total. The van der Waals surface area contributed by atoms with Crippen molar-refractivity contribution in [3.63, 3.8) is 0 Å². The van der Waals surface area contributed by atoms with E-state index < -0.39 is 0 Å². The summed E-state index contributed by atoms with van der Waals surface area (Å²) in [6.07, 6.45) is 4.30. The van der Waals surface area contributed by atoms with E-state index in [2.05, 4.69) is 9.97 Å². The summed E-state index contributed by atoms with van der Waals surface area (Å²) in [5.74, 6) is 0.0483. The molecular formula is C19H19N3OS. The number of pyridine rings is 1. The standard InChI is InChI=1S/C19H19N3OS/c1-15-5-2-3-7-18(15)19(23)22(10-8-17-13-24-14-21-17)12-16-6-4-9-20-11-16/h2-7,9,11,13-14H,8,10,12H2,1H3. The second-order valence-electron chi connectivity index (χ2n) is 5.63. The molecule has 0 unspecified atom stereocenters. The maximum Gasteiger partial charge on any atom is 0.254 e. The lowest BCUT2D eigenvalue weighted by Gasteiger charge is -2.23. The average Bonchev–Trinajstić information content (AvgIpc) is 3.13. The number of amides is 1. The summed E-state index contributed by atoms with van der Waals surface area (Å²) in [6, 6.07) is 11.6. The first-order valence-electron chi connectivity index (χ1n) is 7.85. The van der Waals surface area contributed by atoms with Crippen molar-refractivity contribution in [2.24, 2.45) is 0 Å². The number of hydrogen-bond donors (Lipinski definition) is 0. The quantitative estimate of drug-likeness (QED) is 0.688. The normalized spacial score (nSPS) is 10.5. The molecule has 0 aliphatic carbocycles. The Labute approximate surface area is 145 Å². The Balaban J connectivity index is 1.80. The molecule has 0 aliphatic rings. The molecule has 24 heavy (non-hydrogen) atoms. The smallest absolute Gasteiger partial charge is 0.254 e. The molecule has 0 saturated heterocycles. The summed E-state index contributed by atoms with van der Waals surface area (Å²) in [5, 5.41) is 2.03. The Hall–Kier alpha value is -2.53. The van der Waals surface area contributed by atoms with Gasteiger partial charge in [0, 0.05) is 42.8 Å². The highest BCUT2D eigenvalue weighted by atomic mass is 32.1. The van der Waals surface area contributed by atoms with Gasteiger partial charge >= 0.3 is 0 Å². The van der Waals surface area contributed by atoms with E-state index in [1.165, 1.54) is 0 Å². The van der Waals surface area contributed by atoms with Crippen molar-refractivity contribution >= 4 is 17.2 Å². The van der Waals surface area contributed by atoms with Crippen molar-refractivity contribution in [3.05, 3.63) is 82.1 Å². The van der Waals surface area contributed by atoms with Gasteiger partial charge in [0.05, 0.1) is 11.2 Å². The largest absolute Gasteiger partial charge is 0.334 e. The van der Waals surface area contributed by atoms with Crippen LogP contribution >= 0.6 is 11.3 Å². The van der Waals surface area contributed by atoms with E-state index in [0.717, 1.165) is 28.8 Å². The lowest BCUT2D eigenvalue weighted by molar-refractivity contribution is 0.0744. The van der Waals surface area contributed by atoms with E-state index in [1.54, 1.807) is 23.7 Å². The molecule has 0 saturated carbocycles. The van der Waals surface area contributed by atoms with Crippen molar-refractivity contribution in [3.8, 4) is 0 Å². The molecule has 0 atom stereocenters. The summed E-state index contributed by atoms with van der Waals surface area (Å²) in [5.41, 5.74) is 5.61. The van der Waals surface area contributed by atoms with E-state index in [0.29, 0.717) is 13.1 Å². The van der Waals surface area contributed by atoms with E-state index in [1.807, 2.05) is 59.1 Å². The third-order valence-electron chi connectivity index (χ3n) is 3.88. The fraction of sp³-hybridized carbons (Fsp3) is 0.211. The summed E-state index contributed by atoms with van der Waals surface area (Å²) in [6.45, 7) is 3.15. The van der Waals surface area contributed by atoms with Crippen LogP contribution in [0.1, 0.15) is 27.2 Å². The number of aryl methyl sites for hydroxylation is 1. The Morgan fingerprint density at radius 3 is 2.79 bits per heavy atom. The SMILES string of the molecule is Cc1ccccc1C(=O)N(CCc1cscn1)Cc1cccnc1. The first-order chi connectivity index (χ1) is 11.7. The number of aromatic nitrogens is 2. The maximum atomic E-state index is 13.0. The molecule has 122 valence electrons. The van der Waals surface area contributed by atoms with Gasteiger partial charge in [-0.1, -0.05) is 24.3 Å². The molecule has 0 bridgehead atoms. The van der Waals surface area contributed by atoms with E-state index >= 15 is 0 Å². The highest BCUT2D eigenvalue weighted by Gasteiger charge is 2.18. The van der Waals surface area contributed by atoms with Crippen LogP contribution in [0.15, 0.2) is 59.7 Å². The highest BCUT2D eigenvalue weighted by Crippen LogP contribution is 2.14. The first kappa shape index (κ1) is 16.3. The highest BCUT2D eigenvalue weighted by molar-refractivity contribution is 7.07. The second-order valence-corrected chi connectivity index (χ2v) is 6.35. The summed E-state index contributed by atoms with van der Waals surface area (Å²) in [4.78, 5) is 23.4. The molecule has 1 aromatic carbocycles. The molecule has 3 aromatic rings. The Kier molecular flexibility index (Phi) is 5.33. The van der Waals surface area contributed by atoms with Crippen LogP contribution in [0.2, 0.25) is 0 Å². The van der Waals surface area contributed by atoms with Crippen molar-refractivity contribution in [2.75, 3.05) is 6.54 Å². The zero-order chi connectivity index (χ0) is 16.8. The van der Waals surface area contributed by atoms with Crippen LogP contribution < -0.4 is 0 Å². The maximum absolute atomic E-state index is 13.0. The van der Waals surface area contributed by atoms with Gasteiger partial charge in [-0.05, 0) is 30.2 Å². The number of carbonyl (C=O) groups is 1. The van der Waals surface area contributed by atoms with Crippen molar-refractivity contribution in [1.82, 2.24) is 14.9 Å². The molecule has 0 radical (unpaired) electrons. The van der Waals surface area contributed by atoms with Gasteiger partial charge in [-0.25, -0.2) is 4.98 Å². The molecule has 2 aromatic heterocycles. The predicted octanol–water partition coefficient (Wildman–Crippen LogP) is 3.73. The third kappa shape index (κ3) is 4.06. The van der Waals surface area contributed by atoms with Crippen LogP contribution in [0.3, 0.4) is 0 Å². The van der Waals surface area contributed by atoms with Crippen molar-refractivity contribution < 1.29 is 4.79 Å². The van der Waals surface area contributed by atoms with E-state index in [-0.39, 0.29) is 5.91 Å². The molecule has 0 spiro atoms. The predicted molar refractivity (Wildman–Crippen MR) is 96.0 cm³/mol. The van der Waals surface area contributed by atoms with Gasteiger partial charge in [-0.2, -0.15) is 0 Å². The minimum Gasteiger partial charge on any atom is -0.334 e. The minimum absolute atomic E-state index is 0.0483. The number of carbonyl (C=O) groups excluding carboxylic acids is 1. The second kappa shape index (κ2) is 7.84. The van der Waals surface area contributed by atoms with Crippen molar-refractivity contribution in [2.45, 2.75) is 19.9 Å². The zero-order valence-electron chi connectivity index (χ0n) is 13.6. The van der Waals surface area contributed by atoms with Gasteiger partial charge in [0.25, 0.3) is 5.91 Å². The molecule has 0 fully saturated rings. The van der Waals surface area contributed by atoms with E-state index in [9.17, 15) is 4.79 Å². The third-order valence-corrected chi connectivity index (χ3v) is 4.52. The molecule has 5 heteroatoms. The van der Waals surface area contributed by atoms with Crippen molar-refractivity contribution in [1.29, 1.82) is 0 Å². The topological polar surface area (TPSA) is 46.1 Å². The fourth-order valence-corrected chi connectivity index (χ4v) is 3.15. The fourth-order valence-electron chi connectivity index (χ4n) is 2.56. The Bertz CT molecular complexity index is 787. The van der Waals surface area contributed by atoms with Crippen LogP contribution in [-0.2, 0) is 13.0 Å². The lowest BCUT2D eigenvalue weighted by atomic mass is 10.1. The molecule has 2 heterocycles. The van der Waals surface area contributed by atoms with Gasteiger partial charge in [-0.15, -0.1) is 11.3 Å². The summed E-state index contributed by atoms with van der Waals surface area (Å²) >= 11 is 1.58. The van der Waals surface area contributed by atoms with Crippen LogP contribution in [-0.4, -0.2) is 27.3 Å². The average molecular weight is 337 g/mol. The molecule has 3 rings (SSSR count). The monoisotopic (exact) mass is 337 g/mol. The molecule has 0 aliphatic heterocycles. The van der Waals surface area contributed by atoms with Crippen LogP contribution in [0.5, 0.6) is 0 Å². The van der Waals surface area contributed by atoms with Crippen LogP contribution in [0.25, 0.3) is 0 Å². The van der Waals surface area contributed by atoms with Gasteiger partial charge < -0.3 is 4.90 Å². The molecule has 0 N–H and O–H groups in total. The van der Waals surface area contributed by atoms with E-state index in [4.69, 9.17) is 0 Å². The number of thiazole rings is 1. The Morgan fingerprint density at radius 2 is 2.08 bits per heavy atom. The van der Waals surface area contributed by atoms with Gasteiger partial charge in [0.1, 0.15) is 0 Å². The number of nitrogens with zero attached hydrogens (tertiary/aromatic N) is 3. The molecular weight excluding hydrogens is 318 g/mol. The van der Waals surface area contributed by atoms with Gasteiger partial charge in [0.15, 0.2) is 0 Å². The van der Waals surface area contributed by atoms with Gasteiger partial charge in [0.2, 0.25) is 0 Å². The summed E-state index contributed by atoms with van der Waals surface area (Å²) < 4.78 is 0. The van der Waals surface area contributed by atoms with Crippen LogP contribution in [0.4, 0.5) is 0 Å². The molecule has 1 amide bonds. The number of hydrogen-bond acceptors (Lipinski definition) is 4. The minimum atomic E-state index is 0.0483. The Morgan fingerprint density at radius 1 is 1.21 bits per heavy atom. The number of rotatable bonds is 6. The van der Waals surface area contributed by atoms with Crippen LogP contribution in [0, 0.1) is 6.92 Å².